The number of halogens is 2. The molecule has 2 aromatic carbocycles. The minimum atomic E-state index is -6.77. The van der Waals surface area contributed by atoms with Crippen molar-refractivity contribution in [3.8, 4) is 28.4 Å². The SMILES string of the molecule is C=C(O)I1(O)([C@@H](O)I2C(=O)c3c(ccc(-c4ccc5c(c4)OCO5)c3O)[C@@H]2C)C(=O)C(C(N)=O)=C(O)[C@H]1N(C)C. The predicted octanol–water partition coefficient (Wildman–Crippen LogP) is 3.02. The van der Waals surface area contributed by atoms with Gasteiger partial charge >= 0.3 is 239 Å². The number of hydrogen-bond acceptors (Lipinski definition) is 11. The molecule has 3 heterocycles. The van der Waals surface area contributed by atoms with Gasteiger partial charge in [-0.3, -0.25) is 0 Å². The first kappa shape index (κ1) is 28.6. The zero-order chi connectivity index (χ0) is 29.5. The number of aromatic hydroxyl groups is 1. The van der Waals surface area contributed by atoms with E-state index in [1.165, 1.54) is 19.0 Å². The number of primary amides is 1. The summed E-state index contributed by atoms with van der Waals surface area (Å²) in [7, 11) is 2.74. The number of amides is 1. The van der Waals surface area contributed by atoms with Gasteiger partial charge in [-0.15, -0.1) is 0 Å². The van der Waals surface area contributed by atoms with Crippen LogP contribution in [0.4, 0.5) is 0 Å². The Morgan fingerprint density at radius 2 is 1.82 bits per heavy atom. The number of benzene rings is 2. The van der Waals surface area contributed by atoms with E-state index in [1.807, 2.05) is 0 Å². The third-order valence-electron chi connectivity index (χ3n) is 7.24. The number of ether oxygens (including phenoxy) is 2. The van der Waals surface area contributed by atoms with Crippen LogP contribution in [0.3, 0.4) is 0 Å². The number of fused-ring (bicyclic) bond motifs is 2. The van der Waals surface area contributed by atoms with Gasteiger partial charge in [0.1, 0.15) is 0 Å². The Morgan fingerprint density at radius 1 is 1.18 bits per heavy atom. The van der Waals surface area contributed by atoms with Gasteiger partial charge in [0.2, 0.25) is 0 Å². The Balaban J connectivity index is 1.65. The van der Waals surface area contributed by atoms with Crippen LogP contribution in [-0.4, -0.2) is 69.3 Å². The quantitative estimate of drug-likeness (QED) is 0.0629. The first-order valence-electron chi connectivity index (χ1n) is 11.7. The standard InChI is InChI=1S/C26H28I2N2O10/c1-11-14-6-7-15(13-5-8-16-17(9-13)40-10-39-16)20(32)18(14)22(34)27(11)26(37)28(38,12(2)31)23(30(3)4)21(33)19(24(28)35)25(29)36/h5-9,11,23,26,31-33,37-38H,2,10H2,1,3-4H3,(H2,29,36)/t11-,23+,26-/m0/s1. The summed E-state index contributed by atoms with van der Waals surface area (Å²) in [6.07, 6.45) is 0. The molecule has 2 aromatic rings. The van der Waals surface area contributed by atoms with E-state index in [2.05, 4.69) is 6.58 Å². The minimum absolute atomic E-state index is 0.0518. The molecule has 0 fully saturated rings. The molecule has 0 aliphatic carbocycles. The van der Waals surface area contributed by atoms with Crippen LogP contribution in [0.15, 0.2) is 52.0 Å². The normalized spacial score (nSPS) is 25.1. The summed E-state index contributed by atoms with van der Waals surface area (Å²) >= 11 is -10.5. The number of phenols is 1. The molecule has 12 nitrogen and oxygen atoms in total. The topological polar surface area (TPSA) is 200 Å². The zero-order valence-corrected chi connectivity index (χ0v) is 25.9. The molecule has 0 unspecified atom stereocenters. The number of carbonyl (C=O) groups is 3. The van der Waals surface area contributed by atoms with Crippen LogP contribution in [-0.2, 0) is 9.59 Å². The van der Waals surface area contributed by atoms with Crippen molar-refractivity contribution in [2.75, 3.05) is 20.9 Å². The second-order valence-corrected chi connectivity index (χ2v) is 28.4. The molecule has 5 rings (SSSR count). The van der Waals surface area contributed by atoms with Crippen molar-refractivity contribution in [1.29, 1.82) is 0 Å². The molecule has 0 saturated carbocycles. The van der Waals surface area contributed by atoms with E-state index in [0.717, 1.165) is 0 Å². The molecule has 40 heavy (non-hydrogen) atoms. The van der Waals surface area contributed by atoms with Gasteiger partial charge in [-0.25, -0.2) is 0 Å². The number of rotatable bonds is 6. The average Bonchev–Trinajstić information content (AvgIpc) is 3.50. The molecule has 1 amide bonds. The van der Waals surface area contributed by atoms with E-state index >= 15 is 0 Å². The van der Waals surface area contributed by atoms with Gasteiger partial charge < -0.3 is 0 Å². The number of carbonyl (C=O) groups excluding carboxylic acids is 3. The number of hydrogen-bond donors (Lipinski definition) is 6. The summed E-state index contributed by atoms with van der Waals surface area (Å²) in [6.45, 7) is 5.10. The van der Waals surface area contributed by atoms with Crippen LogP contribution < -0.4 is 15.2 Å². The summed E-state index contributed by atoms with van der Waals surface area (Å²) in [6, 6.07) is 8.24. The molecular weight excluding hydrogens is 754 g/mol. The molecule has 0 saturated heterocycles. The Hall–Kier alpha value is -2.93. The van der Waals surface area contributed by atoms with Crippen molar-refractivity contribution in [3.63, 3.8) is 0 Å². The van der Waals surface area contributed by atoms with Gasteiger partial charge in [-0.05, 0) is 0 Å². The van der Waals surface area contributed by atoms with E-state index in [-0.39, 0.29) is 18.1 Å². The van der Waals surface area contributed by atoms with Crippen LogP contribution >= 0.6 is 37.3 Å². The van der Waals surface area contributed by atoms with Crippen LogP contribution in [0.1, 0.15) is 26.8 Å². The van der Waals surface area contributed by atoms with Gasteiger partial charge in [0.15, 0.2) is 0 Å². The van der Waals surface area contributed by atoms with Crippen molar-refractivity contribution in [1.82, 2.24) is 4.90 Å². The van der Waals surface area contributed by atoms with E-state index in [4.69, 9.17) is 15.2 Å². The summed E-state index contributed by atoms with van der Waals surface area (Å²) in [5.41, 5.74) is 5.60. The second-order valence-electron chi connectivity index (χ2n) is 9.60. The fourth-order valence-corrected chi connectivity index (χ4v) is 35.9. The summed E-state index contributed by atoms with van der Waals surface area (Å²) in [5, 5.41) is 45.0. The molecule has 0 radical (unpaired) electrons. The molecule has 14 heteroatoms. The van der Waals surface area contributed by atoms with E-state index < -0.39 is 76.0 Å². The number of nitrogens with zero attached hydrogens (tertiary/aromatic N) is 1. The number of aliphatic hydroxyl groups excluding tert-OH is 3. The number of aliphatic hydroxyl groups is 3. The molecule has 3 aliphatic heterocycles. The molecule has 0 aromatic heterocycles. The second kappa shape index (κ2) is 9.30. The van der Waals surface area contributed by atoms with Gasteiger partial charge in [-0.1, -0.05) is 0 Å². The molecule has 3 atom stereocenters. The number of nitrogens with two attached hydrogens (primary N) is 1. The van der Waals surface area contributed by atoms with Gasteiger partial charge in [0, 0.05) is 0 Å². The maximum absolute atomic E-state index is 14.0. The molecule has 7 N–H and O–H groups in total. The fraction of sp³-hybridized carbons (Fsp3) is 0.269. The van der Waals surface area contributed by atoms with E-state index in [9.17, 15) is 38.2 Å². The van der Waals surface area contributed by atoms with Crippen LogP contribution in [0.25, 0.3) is 11.1 Å². The third-order valence-corrected chi connectivity index (χ3v) is 33.9. The Bertz CT molecular complexity index is 1570. The fourth-order valence-electron chi connectivity index (χ4n) is 5.33. The van der Waals surface area contributed by atoms with Crippen molar-refractivity contribution >= 4 is 50.8 Å². The van der Waals surface area contributed by atoms with Gasteiger partial charge in [-0.2, -0.15) is 0 Å². The van der Waals surface area contributed by atoms with Crippen LogP contribution in [0, 0.1) is 0 Å². The number of alkyl halides is 4. The summed E-state index contributed by atoms with van der Waals surface area (Å²) in [4.78, 5) is 41.1. The molecule has 0 spiro atoms. The van der Waals surface area contributed by atoms with E-state index in [1.54, 1.807) is 37.3 Å². The first-order chi connectivity index (χ1) is 18.7. The number of likely N-dealkylation sites (N-methyl/N-ethyl adjacent to an activating group) is 1. The summed E-state index contributed by atoms with van der Waals surface area (Å²) in [5.74, 6) is -1.60. The average molecular weight is 782 g/mol. The van der Waals surface area contributed by atoms with Crippen LogP contribution in [0.2, 0.25) is 0 Å². The summed E-state index contributed by atoms with van der Waals surface area (Å²) < 4.78 is 15.5. The third kappa shape index (κ3) is 3.42. The van der Waals surface area contributed by atoms with Crippen molar-refractivity contribution in [3.05, 3.63) is 63.1 Å². The van der Waals surface area contributed by atoms with Crippen LogP contribution in [0.5, 0.6) is 17.2 Å². The maximum atomic E-state index is 14.0. The molecule has 216 valence electrons. The number of phenolic OH excluding ortho intramolecular Hbond substituents is 1. The predicted molar refractivity (Wildman–Crippen MR) is 162 cm³/mol. The molecule has 0 bridgehead atoms. The Labute approximate surface area is 237 Å². The van der Waals surface area contributed by atoms with Crippen molar-refractivity contribution in [2.24, 2.45) is 5.73 Å². The van der Waals surface area contributed by atoms with Crippen molar-refractivity contribution < 1.29 is 47.7 Å². The molecule has 3 aliphatic rings. The van der Waals surface area contributed by atoms with E-state index in [0.29, 0.717) is 28.2 Å². The monoisotopic (exact) mass is 782 g/mol. The van der Waals surface area contributed by atoms with Crippen molar-refractivity contribution in [2.45, 2.75) is 17.0 Å². The van der Waals surface area contributed by atoms with Gasteiger partial charge in [0.25, 0.3) is 0 Å². The zero-order valence-electron chi connectivity index (χ0n) is 21.6. The Kier molecular flexibility index (Phi) is 6.65. The molecular formula is C26H28I2N2O10. The first-order valence-corrected chi connectivity index (χ1v) is 20.9. The van der Waals surface area contributed by atoms with Gasteiger partial charge in [0.05, 0.1) is 0 Å². The Morgan fingerprint density at radius 3 is 2.42 bits per heavy atom.